The normalized spacial score (nSPS) is 21.8. The zero-order valence-corrected chi connectivity index (χ0v) is 22.8. The number of nitrogens with one attached hydrogen (secondary N) is 1. The zero-order chi connectivity index (χ0) is 25.6. The van der Waals surface area contributed by atoms with Gasteiger partial charge in [0.15, 0.2) is 0 Å². The summed E-state index contributed by atoms with van der Waals surface area (Å²) in [6, 6.07) is -0.718. The van der Waals surface area contributed by atoms with E-state index < -0.39 is 6.04 Å². The van der Waals surface area contributed by atoms with Gasteiger partial charge in [0.1, 0.15) is 6.04 Å². The number of piperidine rings is 1. The van der Waals surface area contributed by atoms with Crippen molar-refractivity contribution in [2.75, 3.05) is 26.7 Å². The molecule has 0 aliphatic carbocycles. The topological polar surface area (TPSA) is 73.0 Å². The lowest BCUT2D eigenvalue weighted by atomic mass is 9.95. The second kappa shape index (κ2) is 12.7. The highest BCUT2D eigenvalue weighted by atomic mass is 16.2. The molecule has 0 spiro atoms. The molecule has 1 unspecified atom stereocenters. The third-order valence-electron chi connectivity index (χ3n) is 7.37. The standard InChI is InChI=1S/C27H48N4O3/c1-18(2)23(17-21(7)26(33)30-14-11-12-15-30)29(8)27(34)24(19(3)4)28-25(32)22-13-9-10-16-31(22)20(5)6/h17-20,22-24H,9-16H2,1-8H3,(H,28,32)/b21-17+/t22?,23-,24+/m1/s1. The van der Waals surface area contributed by atoms with Crippen LogP contribution in [0.15, 0.2) is 11.6 Å². The van der Waals surface area contributed by atoms with Crippen LogP contribution in [0.5, 0.6) is 0 Å². The van der Waals surface area contributed by atoms with Gasteiger partial charge >= 0.3 is 0 Å². The second-order valence-electron chi connectivity index (χ2n) is 11.1. The molecule has 3 amide bonds. The molecule has 2 aliphatic heterocycles. The van der Waals surface area contributed by atoms with Crippen LogP contribution in [-0.4, -0.2) is 83.3 Å². The molecule has 0 bridgehead atoms. The molecule has 0 aromatic carbocycles. The molecular weight excluding hydrogens is 428 g/mol. The highest BCUT2D eigenvalue weighted by molar-refractivity contribution is 5.93. The van der Waals surface area contributed by atoms with Crippen molar-refractivity contribution in [2.45, 2.75) is 105 Å². The van der Waals surface area contributed by atoms with Crippen molar-refractivity contribution in [1.82, 2.24) is 20.0 Å². The second-order valence-corrected chi connectivity index (χ2v) is 11.1. The Balaban J connectivity index is 2.17. The summed E-state index contributed by atoms with van der Waals surface area (Å²) in [4.78, 5) is 45.6. The molecule has 2 rings (SSSR count). The van der Waals surface area contributed by atoms with Crippen LogP contribution in [0.1, 0.15) is 80.6 Å². The molecule has 2 aliphatic rings. The fourth-order valence-corrected chi connectivity index (χ4v) is 5.23. The van der Waals surface area contributed by atoms with E-state index in [9.17, 15) is 14.4 Å². The summed E-state index contributed by atoms with van der Waals surface area (Å²) < 4.78 is 0. The lowest BCUT2D eigenvalue weighted by molar-refractivity contribution is -0.140. The van der Waals surface area contributed by atoms with E-state index in [1.807, 2.05) is 31.7 Å². The molecule has 0 radical (unpaired) electrons. The van der Waals surface area contributed by atoms with E-state index in [-0.39, 0.29) is 41.6 Å². The largest absolute Gasteiger partial charge is 0.343 e. The van der Waals surface area contributed by atoms with Crippen LogP contribution in [0.3, 0.4) is 0 Å². The Kier molecular flexibility index (Phi) is 10.6. The highest BCUT2D eigenvalue weighted by Gasteiger charge is 2.36. The van der Waals surface area contributed by atoms with Gasteiger partial charge in [0.05, 0.1) is 12.1 Å². The fraction of sp³-hybridized carbons (Fsp3) is 0.815. The Morgan fingerprint density at radius 3 is 2.03 bits per heavy atom. The van der Waals surface area contributed by atoms with E-state index in [0.717, 1.165) is 51.7 Å². The van der Waals surface area contributed by atoms with Crippen LogP contribution < -0.4 is 5.32 Å². The molecular formula is C27H48N4O3. The van der Waals surface area contributed by atoms with Gasteiger partial charge in [0.2, 0.25) is 17.7 Å². The number of carbonyl (C=O) groups excluding carboxylic acids is 3. The smallest absolute Gasteiger partial charge is 0.249 e. The minimum absolute atomic E-state index is 0.0425. The van der Waals surface area contributed by atoms with Crippen LogP contribution in [0.2, 0.25) is 0 Å². The Hall–Kier alpha value is -1.89. The van der Waals surface area contributed by atoms with Crippen LogP contribution in [-0.2, 0) is 14.4 Å². The lowest BCUT2D eigenvalue weighted by Gasteiger charge is -2.39. The number of hydrogen-bond donors (Lipinski definition) is 1. The molecule has 0 aromatic heterocycles. The first-order valence-corrected chi connectivity index (χ1v) is 13.3. The molecule has 2 heterocycles. The summed E-state index contributed by atoms with van der Waals surface area (Å²) in [5, 5.41) is 3.10. The molecule has 3 atom stereocenters. The van der Waals surface area contributed by atoms with E-state index in [0.29, 0.717) is 11.6 Å². The summed E-state index contributed by atoms with van der Waals surface area (Å²) in [6.07, 6.45) is 7.01. The lowest BCUT2D eigenvalue weighted by Crippen LogP contribution is -2.58. The first-order valence-electron chi connectivity index (χ1n) is 13.3. The number of nitrogens with zero attached hydrogens (tertiary/aromatic N) is 3. The van der Waals surface area contributed by atoms with Crippen molar-refractivity contribution >= 4 is 17.7 Å². The molecule has 2 saturated heterocycles. The van der Waals surface area contributed by atoms with Gasteiger partial charge in [-0.05, 0) is 64.8 Å². The predicted octanol–water partition coefficient (Wildman–Crippen LogP) is 3.44. The average molecular weight is 477 g/mol. The van der Waals surface area contributed by atoms with Gasteiger partial charge in [-0.1, -0.05) is 40.2 Å². The van der Waals surface area contributed by atoms with E-state index >= 15 is 0 Å². The van der Waals surface area contributed by atoms with Crippen LogP contribution in [0.4, 0.5) is 0 Å². The van der Waals surface area contributed by atoms with Gasteiger partial charge in [-0.3, -0.25) is 19.3 Å². The Morgan fingerprint density at radius 1 is 0.912 bits per heavy atom. The molecule has 194 valence electrons. The first-order chi connectivity index (χ1) is 16.0. The van der Waals surface area contributed by atoms with Crippen LogP contribution in [0.25, 0.3) is 0 Å². The van der Waals surface area contributed by atoms with Gasteiger partial charge in [-0.15, -0.1) is 0 Å². The van der Waals surface area contributed by atoms with Crippen molar-refractivity contribution in [2.24, 2.45) is 11.8 Å². The number of likely N-dealkylation sites (N-methyl/N-ethyl adjacent to an activating group) is 1. The van der Waals surface area contributed by atoms with E-state index in [1.165, 1.54) is 0 Å². The third-order valence-corrected chi connectivity index (χ3v) is 7.37. The first kappa shape index (κ1) is 28.3. The average Bonchev–Trinajstić information content (AvgIpc) is 3.33. The van der Waals surface area contributed by atoms with Crippen LogP contribution in [0, 0.1) is 11.8 Å². The summed E-state index contributed by atoms with van der Waals surface area (Å²) in [6.45, 7) is 16.7. The minimum atomic E-state index is -0.599. The number of carbonyl (C=O) groups is 3. The maximum atomic E-state index is 13.6. The van der Waals surface area contributed by atoms with Gasteiger partial charge in [-0.25, -0.2) is 0 Å². The third kappa shape index (κ3) is 7.06. The molecule has 7 nitrogen and oxygen atoms in total. The highest BCUT2D eigenvalue weighted by Crippen LogP contribution is 2.22. The number of hydrogen-bond acceptors (Lipinski definition) is 4. The minimum Gasteiger partial charge on any atom is -0.343 e. The van der Waals surface area contributed by atoms with E-state index in [4.69, 9.17) is 0 Å². The van der Waals surface area contributed by atoms with Gasteiger partial charge in [0, 0.05) is 31.8 Å². The SMILES string of the molecule is C/C(=C\[C@H](C(C)C)N(C)C(=O)[C@@H](NC(=O)C1CCCCN1C(C)C)C(C)C)C(=O)N1CCCC1. The summed E-state index contributed by atoms with van der Waals surface area (Å²) in [5.74, 6) is -0.00558. The zero-order valence-electron chi connectivity index (χ0n) is 22.8. The maximum Gasteiger partial charge on any atom is 0.249 e. The molecule has 7 heteroatoms. The van der Waals surface area contributed by atoms with Gasteiger partial charge in [0.25, 0.3) is 0 Å². The van der Waals surface area contributed by atoms with Crippen molar-refractivity contribution in [3.63, 3.8) is 0 Å². The molecule has 0 aromatic rings. The molecule has 0 saturated carbocycles. The summed E-state index contributed by atoms with van der Waals surface area (Å²) in [5.41, 5.74) is 0.681. The van der Waals surface area contributed by atoms with E-state index in [2.05, 4.69) is 37.9 Å². The van der Waals surface area contributed by atoms with Crippen molar-refractivity contribution in [1.29, 1.82) is 0 Å². The predicted molar refractivity (Wildman–Crippen MR) is 137 cm³/mol. The summed E-state index contributed by atoms with van der Waals surface area (Å²) >= 11 is 0. The maximum absolute atomic E-state index is 13.6. The Labute approximate surface area is 207 Å². The van der Waals surface area contributed by atoms with Gasteiger partial charge in [-0.2, -0.15) is 0 Å². The Bertz CT molecular complexity index is 740. The molecule has 34 heavy (non-hydrogen) atoms. The van der Waals surface area contributed by atoms with E-state index in [1.54, 1.807) is 11.9 Å². The molecule has 2 fully saturated rings. The summed E-state index contributed by atoms with van der Waals surface area (Å²) in [7, 11) is 1.79. The number of amides is 3. The van der Waals surface area contributed by atoms with Crippen molar-refractivity contribution in [3.8, 4) is 0 Å². The quantitative estimate of drug-likeness (QED) is 0.518. The fourth-order valence-electron chi connectivity index (χ4n) is 5.23. The Morgan fingerprint density at radius 2 is 1.50 bits per heavy atom. The monoisotopic (exact) mass is 476 g/mol. The number of rotatable bonds is 9. The van der Waals surface area contributed by atoms with Crippen molar-refractivity contribution < 1.29 is 14.4 Å². The van der Waals surface area contributed by atoms with Gasteiger partial charge < -0.3 is 15.1 Å². The van der Waals surface area contributed by atoms with Crippen LogP contribution >= 0.6 is 0 Å². The molecule has 1 N–H and O–H groups in total. The van der Waals surface area contributed by atoms with Crippen molar-refractivity contribution in [3.05, 3.63) is 11.6 Å². The number of likely N-dealkylation sites (tertiary alicyclic amines) is 2.